The van der Waals surface area contributed by atoms with E-state index in [2.05, 4.69) is 4.90 Å². The zero-order valence-corrected chi connectivity index (χ0v) is 19.1. The second-order valence-corrected chi connectivity index (χ2v) is 10.8. The molecule has 31 heavy (non-hydrogen) atoms. The van der Waals surface area contributed by atoms with Gasteiger partial charge in [0.1, 0.15) is 5.37 Å². The molecule has 0 aliphatic carbocycles. The first-order valence-electron chi connectivity index (χ1n) is 10.5. The lowest BCUT2D eigenvalue weighted by Gasteiger charge is -2.44. The number of nitrogens with zero attached hydrogens (tertiary/aromatic N) is 2. The zero-order chi connectivity index (χ0) is 22.3. The molecule has 0 bridgehead atoms. The minimum absolute atomic E-state index is 0.0383. The smallest absolute Gasteiger partial charge is 0.354 e. The lowest BCUT2D eigenvalue weighted by molar-refractivity contribution is -0.157. The van der Waals surface area contributed by atoms with Crippen LogP contribution in [0.5, 0.6) is 0 Å². The summed E-state index contributed by atoms with van der Waals surface area (Å²) >= 11 is 2.86. The highest BCUT2D eigenvalue weighted by Gasteiger charge is 2.58. The fourth-order valence-electron chi connectivity index (χ4n) is 4.36. The van der Waals surface area contributed by atoms with Gasteiger partial charge in [-0.25, -0.2) is 4.79 Å². The minimum Gasteiger partial charge on any atom is -0.477 e. The molecule has 3 aliphatic rings. The molecule has 2 saturated heterocycles. The number of amides is 1. The number of aliphatic carboxylic acids is 1. The number of carboxylic acid groups (broad SMARTS) is 1. The molecular formula is C22H26N2O5S2. The number of rotatable bonds is 8. The van der Waals surface area contributed by atoms with Crippen molar-refractivity contribution in [1.82, 2.24) is 9.80 Å². The van der Waals surface area contributed by atoms with Crippen molar-refractivity contribution in [2.45, 2.75) is 49.5 Å². The average Bonchev–Trinajstić information content (AvgIpc) is 3.36. The molecule has 5 atom stereocenters. The third kappa shape index (κ3) is 4.04. The number of benzene rings is 1. The monoisotopic (exact) mass is 462 g/mol. The first-order valence-corrected chi connectivity index (χ1v) is 12.2. The topological polar surface area (TPSA) is 98.2 Å². The maximum atomic E-state index is 12.8. The molecule has 3 aliphatic heterocycles. The van der Waals surface area contributed by atoms with Crippen molar-refractivity contribution in [3.63, 3.8) is 0 Å². The molecule has 7 nitrogen and oxygen atoms in total. The van der Waals surface area contributed by atoms with E-state index in [0.717, 1.165) is 13.0 Å². The van der Waals surface area contributed by atoms with Crippen molar-refractivity contribution in [2.75, 3.05) is 13.1 Å². The molecule has 1 aromatic rings. The molecule has 4 rings (SSSR count). The van der Waals surface area contributed by atoms with Crippen molar-refractivity contribution >= 4 is 41.2 Å². The Morgan fingerprint density at radius 2 is 2.00 bits per heavy atom. The van der Waals surface area contributed by atoms with Crippen molar-refractivity contribution < 1.29 is 24.6 Å². The Bertz CT molecular complexity index is 922. The number of carbonyl (C=O) groups is 3. The molecule has 166 valence electrons. The predicted octanol–water partition coefficient (Wildman–Crippen LogP) is 2.62. The van der Waals surface area contributed by atoms with E-state index in [-0.39, 0.29) is 34.1 Å². The molecule has 2 N–H and O–H groups in total. The number of fused-ring (bicyclic) bond motifs is 1. The molecule has 0 aromatic heterocycles. The summed E-state index contributed by atoms with van der Waals surface area (Å²) in [6, 6.07) is 8.99. The molecule has 3 heterocycles. The quantitative estimate of drug-likeness (QED) is 0.449. The highest BCUT2D eigenvalue weighted by molar-refractivity contribution is 8.23. The number of thioether (sulfide) groups is 2. The maximum absolute atomic E-state index is 12.8. The molecule has 0 radical (unpaired) electrons. The molecule has 0 saturated carbocycles. The number of hydrogen-bond donors (Lipinski definition) is 2. The van der Waals surface area contributed by atoms with E-state index in [4.69, 9.17) is 0 Å². The largest absolute Gasteiger partial charge is 0.477 e. The lowest BCUT2D eigenvalue weighted by Crippen LogP contribution is -2.61. The molecule has 1 aromatic carbocycles. The van der Waals surface area contributed by atoms with Gasteiger partial charge in [0.05, 0.1) is 22.3 Å². The molecular weight excluding hydrogens is 436 g/mol. The number of carboxylic acids is 1. The number of aliphatic hydroxyl groups is 1. The fourth-order valence-corrected chi connectivity index (χ4v) is 7.65. The Hall–Kier alpha value is -1.81. The summed E-state index contributed by atoms with van der Waals surface area (Å²) in [6.07, 6.45) is 0.539. The summed E-state index contributed by atoms with van der Waals surface area (Å²) in [7, 11) is 0. The molecule has 2 fully saturated rings. The van der Waals surface area contributed by atoms with Crippen LogP contribution in [0.25, 0.3) is 0 Å². The van der Waals surface area contributed by atoms with Gasteiger partial charge < -0.3 is 10.2 Å². The van der Waals surface area contributed by atoms with Crippen LogP contribution in [0.2, 0.25) is 0 Å². The van der Waals surface area contributed by atoms with Gasteiger partial charge in [0.15, 0.2) is 11.5 Å². The molecule has 9 heteroatoms. The highest BCUT2D eigenvalue weighted by atomic mass is 32.2. The average molecular weight is 463 g/mol. The number of Topliss-reactive ketones (excluding diaryl/α,β-unsaturated/α-hetero) is 1. The van der Waals surface area contributed by atoms with Gasteiger partial charge in [-0.1, -0.05) is 49.0 Å². The first kappa shape index (κ1) is 22.4. The predicted molar refractivity (Wildman–Crippen MR) is 120 cm³/mol. The Kier molecular flexibility index (Phi) is 6.48. The Labute approximate surface area is 189 Å². The van der Waals surface area contributed by atoms with E-state index in [1.807, 2.05) is 44.2 Å². The normalized spacial score (nSPS) is 27.8. The van der Waals surface area contributed by atoms with Gasteiger partial charge in [-0.3, -0.25) is 19.4 Å². The van der Waals surface area contributed by atoms with Crippen LogP contribution < -0.4 is 0 Å². The van der Waals surface area contributed by atoms with Crippen LogP contribution in [-0.2, 0) is 9.59 Å². The Morgan fingerprint density at radius 1 is 1.29 bits per heavy atom. The number of hydrogen-bond acceptors (Lipinski definition) is 7. The first-order chi connectivity index (χ1) is 14.8. The van der Waals surface area contributed by atoms with Crippen molar-refractivity contribution in [2.24, 2.45) is 5.92 Å². The summed E-state index contributed by atoms with van der Waals surface area (Å²) in [5, 5.41) is 19.7. The third-order valence-electron chi connectivity index (χ3n) is 6.22. The van der Waals surface area contributed by atoms with Crippen molar-refractivity contribution in [1.29, 1.82) is 0 Å². The van der Waals surface area contributed by atoms with E-state index in [9.17, 15) is 24.6 Å². The summed E-state index contributed by atoms with van der Waals surface area (Å²) in [5.41, 5.74) is 0.730. The highest BCUT2D eigenvalue weighted by Crippen LogP contribution is 2.55. The van der Waals surface area contributed by atoms with Crippen LogP contribution in [0.1, 0.15) is 37.0 Å². The van der Waals surface area contributed by atoms with Crippen LogP contribution >= 0.6 is 23.5 Å². The Balaban J connectivity index is 1.42. The number of ketones is 1. The van der Waals surface area contributed by atoms with Gasteiger partial charge in [-0.2, -0.15) is 0 Å². The number of β-lactam (4-membered cyclic amide) rings is 1. The zero-order valence-electron chi connectivity index (χ0n) is 17.4. The minimum atomic E-state index is -1.11. The second-order valence-electron chi connectivity index (χ2n) is 8.09. The maximum Gasteiger partial charge on any atom is 0.354 e. The van der Waals surface area contributed by atoms with E-state index >= 15 is 0 Å². The van der Waals surface area contributed by atoms with E-state index in [1.54, 1.807) is 0 Å². The van der Waals surface area contributed by atoms with Crippen molar-refractivity contribution in [3.8, 4) is 0 Å². The van der Waals surface area contributed by atoms with Gasteiger partial charge in [0.25, 0.3) is 0 Å². The summed E-state index contributed by atoms with van der Waals surface area (Å²) in [6.45, 7) is 5.17. The van der Waals surface area contributed by atoms with Crippen molar-refractivity contribution in [3.05, 3.63) is 45.8 Å². The Morgan fingerprint density at radius 3 is 2.65 bits per heavy atom. The van der Waals surface area contributed by atoms with Gasteiger partial charge in [0, 0.05) is 23.9 Å². The third-order valence-corrected chi connectivity index (χ3v) is 9.07. The SMILES string of the molecule is CC[C@H](O)[C@@H]1C(=O)N2C(C(=O)O)=C(SC3CCN(C(C)C(=O)c4ccccc4)C3)S[C@H]12. The number of carbonyl (C=O) groups excluding carboxylic acids is 2. The van der Waals surface area contributed by atoms with Gasteiger partial charge >= 0.3 is 5.97 Å². The van der Waals surface area contributed by atoms with E-state index < -0.39 is 18.0 Å². The van der Waals surface area contributed by atoms with Crippen LogP contribution in [0, 0.1) is 5.92 Å². The van der Waals surface area contributed by atoms with E-state index in [0.29, 0.717) is 22.8 Å². The fraction of sp³-hybridized carbons (Fsp3) is 0.500. The number of aliphatic hydroxyl groups excluding tert-OH is 1. The van der Waals surface area contributed by atoms with Crippen LogP contribution in [0.3, 0.4) is 0 Å². The van der Waals surface area contributed by atoms with Crippen LogP contribution in [0.15, 0.2) is 40.3 Å². The molecule has 0 spiro atoms. The lowest BCUT2D eigenvalue weighted by atomic mass is 9.90. The van der Waals surface area contributed by atoms with Gasteiger partial charge in [0.2, 0.25) is 5.91 Å². The summed E-state index contributed by atoms with van der Waals surface area (Å²) in [5.74, 6) is -1.89. The van der Waals surface area contributed by atoms with Crippen LogP contribution in [-0.4, -0.2) is 73.5 Å². The van der Waals surface area contributed by atoms with Gasteiger partial charge in [-0.05, 0) is 19.8 Å². The molecule has 1 amide bonds. The number of likely N-dealkylation sites (tertiary alicyclic amines) is 1. The van der Waals surface area contributed by atoms with Gasteiger partial charge in [-0.15, -0.1) is 11.8 Å². The standard InChI is InChI=1S/C22H26N2O5S2/c1-3-15(25)16-19(27)24-17(21(28)29)22(31-20(16)24)30-14-9-10-23(11-14)12(2)18(26)13-7-5-4-6-8-13/h4-8,12,14-16,20,25H,3,9-11H2,1-2H3,(H,28,29)/t12?,14?,15-,16+,20+/m0/s1. The summed E-state index contributed by atoms with van der Waals surface area (Å²) < 4.78 is 0.630. The second kappa shape index (κ2) is 8.97. The molecule has 2 unspecified atom stereocenters. The van der Waals surface area contributed by atoms with E-state index in [1.165, 1.54) is 28.4 Å². The van der Waals surface area contributed by atoms with Crippen LogP contribution in [0.4, 0.5) is 0 Å². The summed E-state index contributed by atoms with van der Waals surface area (Å²) in [4.78, 5) is 40.6.